The Labute approximate surface area is 130 Å². The zero-order valence-corrected chi connectivity index (χ0v) is 13.5. The monoisotopic (exact) mass is 318 g/mol. The minimum Gasteiger partial charge on any atom is -0.326 e. The van der Waals surface area contributed by atoms with E-state index in [0.717, 1.165) is 5.56 Å². The molecule has 2 rings (SSSR count). The van der Waals surface area contributed by atoms with E-state index in [2.05, 4.69) is 10.0 Å². The lowest BCUT2D eigenvalue weighted by atomic mass is 10.2. The third-order valence-electron chi connectivity index (χ3n) is 3.08. The summed E-state index contributed by atoms with van der Waals surface area (Å²) in [6.07, 6.45) is 0. The van der Waals surface area contributed by atoms with Gasteiger partial charge in [0.05, 0.1) is 4.90 Å². The molecule has 0 aromatic heterocycles. The Hall–Kier alpha value is -2.34. The maximum absolute atomic E-state index is 12.4. The third-order valence-corrected chi connectivity index (χ3v) is 4.62. The molecule has 5 nitrogen and oxygen atoms in total. The zero-order valence-electron chi connectivity index (χ0n) is 12.7. The van der Waals surface area contributed by atoms with Gasteiger partial charge in [-0.25, -0.2) is 8.42 Å². The fourth-order valence-electron chi connectivity index (χ4n) is 2.14. The fraction of sp³-hybridized carbons (Fsp3) is 0.188. The van der Waals surface area contributed by atoms with Crippen molar-refractivity contribution < 1.29 is 13.2 Å². The normalized spacial score (nSPS) is 11.0. The number of amides is 1. The second-order valence-electron chi connectivity index (χ2n) is 5.13. The number of rotatable bonds is 4. The molecule has 116 valence electrons. The number of carbonyl (C=O) groups excluding carboxylic acids is 1. The molecule has 22 heavy (non-hydrogen) atoms. The second kappa shape index (κ2) is 6.19. The largest absolute Gasteiger partial charge is 0.326 e. The highest BCUT2D eigenvalue weighted by Gasteiger charge is 2.16. The second-order valence-corrected chi connectivity index (χ2v) is 6.78. The molecule has 1 amide bonds. The van der Waals surface area contributed by atoms with Crippen LogP contribution in [0.15, 0.2) is 47.4 Å². The maximum atomic E-state index is 12.4. The van der Waals surface area contributed by atoms with Crippen molar-refractivity contribution in [1.29, 1.82) is 0 Å². The van der Waals surface area contributed by atoms with Gasteiger partial charge in [-0.15, -0.1) is 0 Å². The van der Waals surface area contributed by atoms with Gasteiger partial charge in [0.25, 0.3) is 10.0 Å². The van der Waals surface area contributed by atoms with Crippen molar-refractivity contribution in [2.45, 2.75) is 25.7 Å². The first-order chi connectivity index (χ1) is 10.3. The minimum atomic E-state index is -3.63. The first-order valence-corrected chi connectivity index (χ1v) is 8.24. The molecule has 0 bridgehead atoms. The van der Waals surface area contributed by atoms with Crippen LogP contribution in [0.1, 0.15) is 18.1 Å². The highest BCUT2D eigenvalue weighted by molar-refractivity contribution is 7.92. The molecule has 2 N–H and O–H groups in total. The molecular weight excluding hydrogens is 300 g/mol. The molecule has 6 heteroatoms. The van der Waals surface area contributed by atoms with Crippen LogP contribution < -0.4 is 10.0 Å². The molecule has 0 aliphatic heterocycles. The standard InChI is InChI=1S/C16H18N2O3S/c1-11-4-9-16(12(2)10-11)22(20,21)18-15-7-5-14(6-8-15)17-13(3)19/h4-10,18H,1-3H3,(H,17,19). The van der Waals surface area contributed by atoms with Crippen LogP contribution in [0.5, 0.6) is 0 Å². The number of aryl methyl sites for hydroxylation is 2. The van der Waals surface area contributed by atoms with Gasteiger partial charge in [-0.3, -0.25) is 9.52 Å². The number of carbonyl (C=O) groups is 1. The summed E-state index contributed by atoms with van der Waals surface area (Å²) in [5, 5.41) is 2.63. The van der Waals surface area contributed by atoms with Crippen LogP contribution in [-0.4, -0.2) is 14.3 Å². The molecule has 0 spiro atoms. The molecule has 0 saturated carbocycles. The summed E-state index contributed by atoms with van der Waals surface area (Å²) in [5.74, 6) is -0.177. The fourth-order valence-corrected chi connectivity index (χ4v) is 3.42. The topological polar surface area (TPSA) is 75.3 Å². The van der Waals surface area contributed by atoms with Gasteiger partial charge in [0.15, 0.2) is 0 Å². The van der Waals surface area contributed by atoms with Crippen molar-refractivity contribution in [3.05, 3.63) is 53.6 Å². The Balaban J connectivity index is 2.23. The van der Waals surface area contributed by atoms with Crippen LogP contribution in [0, 0.1) is 13.8 Å². The molecule has 0 saturated heterocycles. The van der Waals surface area contributed by atoms with Crippen molar-refractivity contribution in [3.63, 3.8) is 0 Å². The predicted octanol–water partition coefficient (Wildman–Crippen LogP) is 3.06. The summed E-state index contributed by atoms with van der Waals surface area (Å²) < 4.78 is 27.4. The Morgan fingerprint density at radius 3 is 2.09 bits per heavy atom. The van der Waals surface area contributed by atoms with E-state index in [1.807, 2.05) is 13.0 Å². The molecular formula is C16H18N2O3S. The van der Waals surface area contributed by atoms with Crippen LogP contribution in [-0.2, 0) is 14.8 Å². The number of hydrogen-bond donors (Lipinski definition) is 2. The smallest absolute Gasteiger partial charge is 0.262 e. The van der Waals surface area contributed by atoms with E-state index >= 15 is 0 Å². The van der Waals surface area contributed by atoms with Gasteiger partial charge in [-0.05, 0) is 49.7 Å². The van der Waals surface area contributed by atoms with E-state index in [1.165, 1.54) is 6.92 Å². The first-order valence-electron chi connectivity index (χ1n) is 6.76. The number of benzene rings is 2. The number of anilines is 2. The van der Waals surface area contributed by atoms with E-state index in [4.69, 9.17) is 0 Å². The lowest BCUT2D eigenvalue weighted by Gasteiger charge is -2.11. The van der Waals surface area contributed by atoms with Crippen molar-refractivity contribution in [2.24, 2.45) is 0 Å². The average molecular weight is 318 g/mol. The quantitative estimate of drug-likeness (QED) is 0.909. The maximum Gasteiger partial charge on any atom is 0.262 e. The Bertz CT molecular complexity index is 797. The van der Waals surface area contributed by atoms with Gasteiger partial charge >= 0.3 is 0 Å². The van der Waals surface area contributed by atoms with Crippen molar-refractivity contribution in [2.75, 3.05) is 10.0 Å². The molecule has 2 aromatic carbocycles. The summed E-state index contributed by atoms with van der Waals surface area (Å²) in [7, 11) is -3.63. The molecule has 0 aliphatic carbocycles. The zero-order chi connectivity index (χ0) is 16.3. The Morgan fingerprint density at radius 1 is 0.955 bits per heavy atom. The van der Waals surface area contributed by atoms with Gasteiger partial charge in [0.1, 0.15) is 0 Å². The van der Waals surface area contributed by atoms with Crippen LogP contribution >= 0.6 is 0 Å². The highest BCUT2D eigenvalue weighted by Crippen LogP contribution is 2.21. The Kier molecular flexibility index (Phi) is 4.51. The minimum absolute atomic E-state index is 0.177. The van der Waals surface area contributed by atoms with Crippen LogP contribution in [0.25, 0.3) is 0 Å². The van der Waals surface area contributed by atoms with Gasteiger partial charge in [-0.1, -0.05) is 17.7 Å². The van der Waals surface area contributed by atoms with Crippen LogP contribution in [0.2, 0.25) is 0 Å². The van der Waals surface area contributed by atoms with Crippen LogP contribution in [0.4, 0.5) is 11.4 Å². The summed E-state index contributed by atoms with van der Waals surface area (Å²) in [6, 6.07) is 11.7. The molecule has 2 aromatic rings. The van der Waals surface area contributed by atoms with Crippen molar-refractivity contribution in [1.82, 2.24) is 0 Å². The van der Waals surface area contributed by atoms with Gasteiger partial charge < -0.3 is 5.32 Å². The Morgan fingerprint density at radius 2 is 1.55 bits per heavy atom. The summed E-state index contributed by atoms with van der Waals surface area (Å²) in [6.45, 7) is 5.09. The van der Waals surface area contributed by atoms with Gasteiger partial charge in [-0.2, -0.15) is 0 Å². The summed E-state index contributed by atoms with van der Waals surface area (Å²) >= 11 is 0. The lowest BCUT2D eigenvalue weighted by Crippen LogP contribution is -2.14. The van der Waals surface area contributed by atoms with Crippen LogP contribution in [0.3, 0.4) is 0 Å². The number of nitrogens with one attached hydrogen (secondary N) is 2. The number of hydrogen-bond acceptors (Lipinski definition) is 3. The lowest BCUT2D eigenvalue weighted by molar-refractivity contribution is -0.114. The molecule has 0 atom stereocenters. The van der Waals surface area contributed by atoms with E-state index in [9.17, 15) is 13.2 Å². The molecule has 0 unspecified atom stereocenters. The number of sulfonamides is 1. The van der Waals surface area contributed by atoms with Crippen molar-refractivity contribution >= 4 is 27.3 Å². The van der Waals surface area contributed by atoms with E-state index in [0.29, 0.717) is 16.9 Å². The SMILES string of the molecule is CC(=O)Nc1ccc(NS(=O)(=O)c2ccc(C)cc2C)cc1. The first kappa shape index (κ1) is 16.0. The van der Waals surface area contributed by atoms with E-state index in [1.54, 1.807) is 43.3 Å². The predicted molar refractivity (Wildman–Crippen MR) is 87.5 cm³/mol. The third kappa shape index (κ3) is 3.85. The van der Waals surface area contributed by atoms with E-state index < -0.39 is 10.0 Å². The average Bonchev–Trinajstić information content (AvgIpc) is 2.39. The summed E-state index contributed by atoms with van der Waals surface area (Å²) in [4.78, 5) is 11.2. The molecule has 0 heterocycles. The molecule has 0 fully saturated rings. The van der Waals surface area contributed by atoms with Gasteiger partial charge in [0.2, 0.25) is 5.91 Å². The van der Waals surface area contributed by atoms with Gasteiger partial charge in [0, 0.05) is 18.3 Å². The highest BCUT2D eigenvalue weighted by atomic mass is 32.2. The molecule has 0 radical (unpaired) electrons. The molecule has 0 aliphatic rings. The summed E-state index contributed by atoms with van der Waals surface area (Å²) in [5.41, 5.74) is 2.76. The van der Waals surface area contributed by atoms with E-state index in [-0.39, 0.29) is 10.8 Å². The van der Waals surface area contributed by atoms with Crippen molar-refractivity contribution in [3.8, 4) is 0 Å².